The summed E-state index contributed by atoms with van der Waals surface area (Å²) in [5.74, 6) is 0.504. The Hall–Kier alpha value is -2.68. The predicted molar refractivity (Wildman–Crippen MR) is 74.1 cm³/mol. The minimum Gasteiger partial charge on any atom is -0.497 e. The molecule has 10 heteroatoms. The molecule has 0 aliphatic heterocycles. The molecule has 0 unspecified atom stereocenters. The van der Waals surface area contributed by atoms with Crippen molar-refractivity contribution in [2.24, 2.45) is 0 Å². The highest BCUT2D eigenvalue weighted by Crippen LogP contribution is 2.33. The van der Waals surface area contributed by atoms with E-state index in [0.717, 1.165) is 0 Å². The summed E-state index contributed by atoms with van der Waals surface area (Å²) in [6.45, 7) is 0. The predicted octanol–water partition coefficient (Wildman–Crippen LogP) is 2.28. The highest BCUT2D eigenvalue weighted by molar-refractivity contribution is 6.28. The van der Waals surface area contributed by atoms with Crippen molar-refractivity contribution < 1.29 is 14.4 Å². The Bertz CT molecular complexity index is 682. The Balaban J connectivity index is 2.42. The number of benzene rings is 1. The van der Waals surface area contributed by atoms with E-state index < -0.39 is 4.92 Å². The van der Waals surface area contributed by atoms with Gasteiger partial charge in [0.05, 0.1) is 12.0 Å². The maximum atomic E-state index is 11.0. The van der Waals surface area contributed by atoms with E-state index >= 15 is 0 Å². The van der Waals surface area contributed by atoms with Gasteiger partial charge in [-0.05, 0) is 17.7 Å². The van der Waals surface area contributed by atoms with Crippen LogP contribution in [-0.4, -0.2) is 34.0 Å². The van der Waals surface area contributed by atoms with Gasteiger partial charge in [-0.15, -0.1) is 0 Å². The number of rotatable bonds is 5. The smallest absolute Gasteiger partial charge is 0.328 e. The van der Waals surface area contributed by atoms with E-state index in [-0.39, 0.29) is 28.7 Å². The Morgan fingerprint density at radius 2 is 2.10 bits per heavy atom. The van der Waals surface area contributed by atoms with E-state index in [1.165, 1.54) is 25.3 Å². The van der Waals surface area contributed by atoms with Gasteiger partial charge in [0.2, 0.25) is 17.0 Å². The van der Waals surface area contributed by atoms with Gasteiger partial charge >= 0.3 is 11.7 Å². The quantitative estimate of drug-likeness (QED) is 0.661. The summed E-state index contributed by atoms with van der Waals surface area (Å²) in [5, 5.41) is 13.6. The molecule has 0 saturated heterocycles. The first-order valence-electron chi connectivity index (χ1n) is 5.63. The van der Waals surface area contributed by atoms with Crippen LogP contribution >= 0.6 is 11.6 Å². The van der Waals surface area contributed by atoms with Crippen LogP contribution in [0.15, 0.2) is 18.2 Å². The summed E-state index contributed by atoms with van der Waals surface area (Å²) in [5.41, 5.74) is -0.252. The molecule has 0 aliphatic rings. The number of nitrogens with one attached hydrogen (secondary N) is 1. The van der Waals surface area contributed by atoms with Crippen molar-refractivity contribution in [1.29, 1.82) is 0 Å². The first-order chi connectivity index (χ1) is 10.0. The van der Waals surface area contributed by atoms with Gasteiger partial charge in [-0.3, -0.25) is 10.1 Å². The number of hydrogen-bond acceptors (Lipinski definition) is 8. The lowest BCUT2D eigenvalue weighted by atomic mass is 10.3. The number of aromatic nitrogens is 3. The van der Waals surface area contributed by atoms with Gasteiger partial charge in [0, 0.05) is 19.2 Å². The van der Waals surface area contributed by atoms with Crippen molar-refractivity contribution in [2.75, 3.05) is 19.5 Å². The summed E-state index contributed by atoms with van der Waals surface area (Å²) in [7, 11) is 3.02. The molecule has 0 atom stereocenters. The maximum absolute atomic E-state index is 11.0. The van der Waals surface area contributed by atoms with Gasteiger partial charge in [0.15, 0.2) is 0 Å². The molecule has 1 aromatic carbocycles. The van der Waals surface area contributed by atoms with Crippen LogP contribution in [0.4, 0.5) is 11.6 Å². The lowest BCUT2D eigenvalue weighted by molar-refractivity contribution is -0.385. The number of anilines is 1. The third-order valence-electron chi connectivity index (χ3n) is 2.38. The highest BCUT2D eigenvalue weighted by atomic mass is 35.5. The minimum absolute atomic E-state index is 0.0660. The lowest BCUT2D eigenvalue weighted by Gasteiger charge is -2.07. The van der Waals surface area contributed by atoms with Crippen molar-refractivity contribution in [3.8, 4) is 17.5 Å². The van der Waals surface area contributed by atoms with Crippen molar-refractivity contribution in [3.05, 3.63) is 33.6 Å². The standard InChI is InChI=1S/C11H10ClN5O4/c1-13-10-14-9(12)15-11(16-10)21-8-5-6(20-2)3-4-7(8)17(18)19/h3-5H,1-2H3,(H,13,14,15,16). The number of methoxy groups -OCH3 is 1. The highest BCUT2D eigenvalue weighted by Gasteiger charge is 2.18. The third-order valence-corrected chi connectivity index (χ3v) is 2.55. The zero-order chi connectivity index (χ0) is 15.4. The molecule has 0 spiro atoms. The fourth-order valence-electron chi connectivity index (χ4n) is 1.44. The second kappa shape index (κ2) is 6.18. The van der Waals surface area contributed by atoms with E-state index in [9.17, 15) is 10.1 Å². The average molecular weight is 312 g/mol. The van der Waals surface area contributed by atoms with E-state index in [0.29, 0.717) is 5.75 Å². The molecule has 1 aromatic heterocycles. The average Bonchev–Trinajstić information content (AvgIpc) is 2.46. The molecule has 0 fully saturated rings. The largest absolute Gasteiger partial charge is 0.497 e. The van der Waals surface area contributed by atoms with Crippen LogP contribution in [0.5, 0.6) is 17.5 Å². The van der Waals surface area contributed by atoms with Crippen LogP contribution in [0.1, 0.15) is 0 Å². The summed E-state index contributed by atoms with van der Waals surface area (Å²) >= 11 is 5.72. The van der Waals surface area contributed by atoms with Crippen LogP contribution in [0.2, 0.25) is 5.28 Å². The molecule has 0 radical (unpaired) electrons. The molecule has 2 aromatic rings. The van der Waals surface area contributed by atoms with Crippen LogP contribution in [-0.2, 0) is 0 Å². The summed E-state index contributed by atoms with van der Waals surface area (Å²) < 4.78 is 10.3. The van der Waals surface area contributed by atoms with Gasteiger partial charge in [-0.1, -0.05) is 0 Å². The van der Waals surface area contributed by atoms with Crippen LogP contribution < -0.4 is 14.8 Å². The van der Waals surface area contributed by atoms with Gasteiger partial charge in [-0.2, -0.15) is 15.0 Å². The van der Waals surface area contributed by atoms with Crippen molar-refractivity contribution in [3.63, 3.8) is 0 Å². The van der Waals surface area contributed by atoms with Gasteiger partial charge in [0.1, 0.15) is 5.75 Å². The van der Waals surface area contributed by atoms with E-state index in [4.69, 9.17) is 21.1 Å². The zero-order valence-corrected chi connectivity index (χ0v) is 11.8. The fraction of sp³-hybridized carbons (Fsp3) is 0.182. The molecule has 0 saturated carbocycles. The lowest BCUT2D eigenvalue weighted by Crippen LogP contribution is -2.02. The summed E-state index contributed by atoms with van der Waals surface area (Å²) in [6, 6.07) is 3.89. The topological polar surface area (TPSA) is 112 Å². The molecule has 2 rings (SSSR count). The van der Waals surface area contributed by atoms with E-state index in [1.807, 2.05) is 0 Å². The first kappa shape index (κ1) is 14.7. The molecular weight excluding hydrogens is 302 g/mol. The number of halogens is 1. The molecule has 0 amide bonds. The van der Waals surface area contributed by atoms with Gasteiger partial charge in [-0.25, -0.2) is 0 Å². The number of nitro groups is 1. The molecular formula is C11H10ClN5O4. The molecule has 0 aliphatic carbocycles. The Labute approximate surface area is 124 Å². The zero-order valence-electron chi connectivity index (χ0n) is 11.0. The van der Waals surface area contributed by atoms with Crippen molar-refractivity contribution in [1.82, 2.24) is 15.0 Å². The molecule has 110 valence electrons. The Morgan fingerprint density at radius 3 is 2.71 bits per heavy atom. The van der Waals surface area contributed by atoms with Crippen molar-refractivity contribution >= 4 is 23.2 Å². The molecule has 1 N–H and O–H groups in total. The normalized spacial score (nSPS) is 10.0. The number of nitro benzene ring substituents is 1. The number of ether oxygens (including phenoxy) is 2. The third kappa shape index (κ3) is 3.45. The number of hydrogen-bond donors (Lipinski definition) is 1. The molecule has 21 heavy (non-hydrogen) atoms. The monoisotopic (exact) mass is 311 g/mol. The van der Waals surface area contributed by atoms with Gasteiger partial charge < -0.3 is 14.8 Å². The summed E-state index contributed by atoms with van der Waals surface area (Å²) in [6.07, 6.45) is 0. The second-order valence-corrected chi connectivity index (χ2v) is 3.99. The van der Waals surface area contributed by atoms with Crippen molar-refractivity contribution in [2.45, 2.75) is 0 Å². The molecule has 9 nitrogen and oxygen atoms in total. The minimum atomic E-state index is -0.587. The van der Waals surface area contributed by atoms with Crippen LogP contribution in [0.3, 0.4) is 0 Å². The fourth-order valence-corrected chi connectivity index (χ4v) is 1.59. The van der Waals surface area contributed by atoms with E-state index in [1.54, 1.807) is 7.05 Å². The van der Waals surface area contributed by atoms with E-state index in [2.05, 4.69) is 20.3 Å². The second-order valence-electron chi connectivity index (χ2n) is 3.65. The van der Waals surface area contributed by atoms with Gasteiger partial charge in [0.25, 0.3) is 0 Å². The van der Waals surface area contributed by atoms with Crippen LogP contribution in [0, 0.1) is 10.1 Å². The molecule has 0 bridgehead atoms. The Kier molecular flexibility index (Phi) is 4.33. The Morgan fingerprint density at radius 1 is 1.33 bits per heavy atom. The SMILES string of the molecule is CNc1nc(Cl)nc(Oc2cc(OC)ccc2[N+](=O)[O-])n1. The first-order valence-corrected chi connectivity index (χ1v) is 6.01. The summed E-state index contributed by atoms with van der Waals surface area (Å²) in [4.78, 5) is 21.8. The maximum Gasteiger partial charge on any atom is 0.328 e. The van der Waals surface area contributed by atoms with Crippen LogP contribution in [0.25, 0.3) is 0 Å². The molecule has 1 heterocycles. The number of nitrogens with zero attached hydrogens (tertiary/aromatic N) is 4.